The van der Waals surface area contributed by atoms with Crippen molar-refractivity contribution >= 4 is 34.3 Å². The van der Waals surface area contributed by atoms with Crippen molar-refractivity contribution < 1.29 is 9.13 Å². The van der Waals surface area contributed by atoms with E-state index in [0.717, 1.165) is 5.56 Å². The molecule has 0 saturated carbocycles. The van der Waals surface area contributed by atoms with Gasteiger partial charge < -0.3 is 4.74 Å². The second kappa shape index (κ2) is 7.42. The van der Waals surface area contributed by atoms with Gasteiger partial charge in [0, 0.05) is 21.5 Å². The summed E-state index contributed by atoms with van der Waals surface area (Å²) in [5.41, 5.74) is 4.99. The van der Waals surface area contributed by atoms with Crippen LogP contribution in [0.25, 0.3) is 11.3 Å². The monoisotopic (exact) mass is 361 g/mol. The van der Waals surface area contributed by atoms with E-state index in [1.807, 2.05) is 23.6 Å². The van der Waals surface area contributed by atoms with Crippen LogP contribution in [0, 0.1) is 5.82 Å². The Morgan fingerprint density at radius 1 is 1.29 bits per heavy atom. The number of anilines is 1. The molecule has 3 aromatic rings. The molecule has 24 heavy (non-hydrogen) atoms. The fourth-order valence-electron chi connectivity index (χ4n) is 2.02. The van der Waals surface area contributed by atoms with E-state index in [0.29, 0.717) is 21.4 Å². The summed E-state index contributed by atoms with van der Waals surface area (Å²) in [6, 6.07) is 12.1. The summed E-state index contributed by atoms with van der Waals surface area (Å²) < 4.78 is 18.7. The number of ether oxygens (including phenoxy) is 1. The molecule has 0 saturated heterocycles. The molecule has 0 aliphatic heterocycles. The van der Waals surface area contributed by atoms with Crippen LogP contribution < -0.4 is 10.2 Å². The highest BCUT2D eigenvalue weighted by molar-refractivity contribution is 7.14. The minimum absolute atomic E-state index is 0.205. The lowest BCUT2D eigenvalue weighted by molar-refractivity contribution is 0.386. The van der Waals surface area contributed by atoms with Crippen molar-refractivity contribution in [2.45, 2.75) is 0 Å². The standard InChI is InChI=1S/C17H13ClFN3OS/c1-23-16-7-6-11(8-14(16)19)15-10-24-17(21-15)22-20-9-12-4-2-3-5-13(12)18/h2-10H,1H3,(H,21,22)/b20-9+. The number of thiazole rings is 1. The average molecular weight is 362 g/mol. The topological polar surface area (TPSA) is 46.5 Å². The maximum atomic E-state index is 13.8. The van der Waals surface area contributed by atoms with Crippen LogP contribution in [0.5, 0.6) is 5.75 Å². The molecule has 0 radical (unpaired) electrons. The van der Waals surface area contributed by atoms with Crippen molar-refractivity contribution in [1.29, 1.82) is 0 Å². The summed E-state index contributed by atoms with van der Waals surface area (Å²) in [5, 5.41) is 7.17. The Bertz CT molecular complexity index is 882. The number of hydrogen-bond donors (Lipinski definition) is 1. The first-order valence-corrected chi connectivity index (χ1v) is 8.26. The molecule has 1 heterocycles. The molecule has 0 spiro atoms. The highest BCUT2D eigenvalue weighted by atomic mass is 35.5. The Morgan fingerprint density at radius 3 is 2.88 bits per heavy atom. The number of benzene rings is 2. The van der Waals surface area contributed by atoms with Gasteiger partial charge in [0.25, 0.3) is 0 Å². The number of methoxy groups -OCH3 is 1. The van der Waals surface area contributed by atoms with E-state index in [2.05, 4.69) is 15.5 Å². The van der Waals surface area contributed by atoms with Crippen molar-refractivity contribution in [3.8, 4) is 17.0 Å². The van der Waals surface area contributed by atoms with E-state index in [9.17, 15) is 4.39 Å². The number of nitrogens with one attached hydrogen (secondary N) is 1. The summed E-state index contributed by atoms with van der Waals surface area (Å²) in [6.07, 6.45) is 1.62. The number of hydrazone groups is 1. The van der Waals surface area contributed by atoms with Gasteiger partial charge in [0.15, 0.2) is 11.6 Å². The fourth-order valence-corrected chi connectivity index (χ4v) is 2.87. The predicted molar refractivity (Wildman–Crippen MR) is 96.7 cm³/mol. The van der Waals surface area contributed by atoms with Crippen molar-refractivity contribution in [1.82, 2.24) is 4.98 Å². The Hall–Kier alpha value is -2.44. The molecule has 3 rings (SSSR count). The van der Waals surface area contributed by atoms with Crippen molar-refractivity contribution in [2.75, 3.05) is 12.5 Å². The lowest BCUT2D eigenvalue weighted by Gasteiger charge is -2.02. The molecule has 0 aliphatic rings. The van der Waals surface area contributed by atoms with E-state index < -0.39 is 5.82 Å². The minimum Gasteiger partial charge on any atom is -0.494 e. The number of halogens is 2. The van der Waals surface area contributed by atoms with E-state index in [-0.39, 0.29) is 5.75 Å². The van der Waals surface area contributed by atoms with Gasteiger partial charge in [-0.1, -0.05) is 29.8 Å². The molecule has 0 amide bonds. The zero-order chi connectivity index (χ0) is 16.9. The molecular weight excluding hydrogens is 349 g/mol. The number of aromatic nitrogens is 1. The molecule has 1 N–H and O–H groups in total. The largest absolute Gasteiger partial charge is 0.494 e. The molecule has 4 nitrogen and oxygen atoms in total. The Balaban J connectivity index is 1.72. The highest BCUT2D eigenvalue weighted by Crippen LogP contribution is 2.28. The van der Waals surface area contributed by atoms with Gasteiger partial charge in [-0.15, -0.1) is 11.3 Å². The lowest BCUT2D eigenvalue weighted by atomic mass is 10.1. The normalized spacial score (nSPS) is 11.0. The molecule has 122 valence electrons. The third-order valence-corrected chi connectivity index (χ3v) is 4.31. The predicted octanol–water partition coefficient (Wildman–Crippen LogP) is 5.06. The maximum absolute atomic E-state index is 13.8. The molecule has 0 bridgehead atoms. The Morgan fingerprint density at radius 2 is 2.12 bits per heavy atom. The molecule has 2 aromatic carbocycles. The summed E-state index contributed by atoms with van der Waals surface area (Å²) in [6.45, 7) is 0. The first-order valence-electron chi connectivity index (χ1n) is 7.00. The summed E-state index contributed by atoms with van der Waals surface area (Å²) >= 11 is 7.43. The van der Waals surface area contributed by atoms with Crippen molar-refractivity contribution in [2.24, 2.45) is 5.10 Å². The van der Waals surface area contributed by atoms with Crippen molar-refractivity contribution in [3.63, 3.8) is 0 Å². The molecule has 1 aromatic heterocycles. The highest BCUT2D eigenvalue weighted by Gasteiger charge is 2.08. The van der Waals surface area contributed by atoms with Crippen LogP contribution in [0.4, 0.5) is 9.52 Å². The second-order valence-electron chi connectivity index (χ2n) is 4.78. The van der Waals surface area contributed by atoms with Gasteiger partial charge >= 0.3 is 0 Å². The lowest BCUT2D eigenvalue weighted by Crippen LogP contribution is -1.91. The van der Waals surface area contributed by atoms with E-state index in [1.165, 1.54) is 24.5 Å². The zero-order valence-corrected chi connectivity index (χ0v) is 14.2. The molecule has 0 atom stereocenters. The van der Waals surface area contributed by atoms with Crippen LogP contribution in [0.1, 0.15) is 5.56 Å². The molecule has 0 unspecified atom stereocenters. The fraction of sp³-hybridized carbons (Fsp3) is 0.0588. The van der Waals surface area contributed by atoms with Crippen LogP contribution in [0.3, 0.4) is 0 Å². The van der Waals surface area contributed by atoms with Crippen LogP contribution in [0.15, 0.2) is 52.9 Å². The first-order chi connectivity index (χ1) is 11.7. The van der Waals surface area contributed by atoms with E-state index >= 15 is 0 Å². The zero-order valence-electron chi connectivity index (χ0n) is 12.7. The summed E-state index contributed by atoms with van der Waals surface area (Å²) in [4.78, 5) is 4.38. The molecule has 0 fully saturated rings. The minimum atomic E-state index is -0.422. The smallest absolute Gasteiger partial charge is 0.203 e. The molecule has 7 heteroatoms. The van der Waals surface area contributed by atoms with Crippen LogP contribution in [-0.2, 0) is 0 Å². The third-order valence-electron chi connectivity index (χ3n) is 3.22. The van der Waals surface area contributed by atoms with Gasteiger partial charge in [-0.3, -0.25) is 5.43 Å². The van der Waals surface area contributed by atoms with Gasteiger partial charge in [-0.25, -0.2) is 9.37 Å². The molecular formula is C17H13ClFN3OS. The number of hydrogen-bond acceptors (Lipinski definition) is 5. The Kier molecular flexibility index (Phi) is 5.08. The quantitative estimate of drug-likeness (QED) is 0.510. The van der Waals surface area contributed by atoms with Gasteiger partial charge in [0.05, 0.1) is 19.0 Å². The number of rotatable bonds is 5. The van der Waals surface area contributed by atoms with Crippen LogP contribution >= 0.6 is 22.9 Å². The van der Waals surface area contributed by atoms with Gasteiger partial charge in [0.1, 0.15) is 0 Å². The average Bonchev–Trinajstić information content (AvgIpc) is 3.05. The SMILES string of the molecule is COc1ccc(-c2csc(N/N=C/c3ccccc3Cl)n2)cc1F. The number of nitrogens with zero attached hydrogens (tertiary/aromatic N) is 2. The Labute approximate surface area is 147 Å². The summed E-state index contributed by atoms with van der Waals surface area (Å²) in [7, 11) is 1.43. The summed E-state index contributed by atoms with van der Waals surface area (Å²) in [5.74, 6) is -0.217. The van der Waals surface area contributed by atoms with Gasteiger partial charge in [0.2, 0.25) is 5.13 Å². The van der Waals surface area contributed by atoms with Gasteiger partial charge in [-0.2, -0.15) is 5.10 Å². The second-order valence-corrected chi connectivity index (χ2v) is 6.04. The van der Waals surface area contributed by atoms with Crippen molar-refractivity contribution in [3.05, 3.63) is 64.2 Å². The van der Waals surface area contributed by atoms with Crippen LogP contribution in [0.2, 0.25) is 5.02 Å². The van der Waals surface area contributed by atoms with E-state index in [1.54, 1.807) is 24.4 Å². The van der Waals surface area contributed by atoms with Gasteiger partial charge in [-0.05, 0) is 24.3 Å². The molecule has 0 aliphatic carbocycles. The maximum Gasteiger partial charge on any atom is 0.203 e. The first kappa shape index (κ1) is 16.4. The third kappa shape index (κ3) is 3.72. The van der Waals surface area contributed by atoms with E-state index in [4.69, 9.17) is 16.3 Å². The van der Waals surface area contributed by atoms with Crippen LogP contribution in [-0.4, -0.2) is 18.3 Å².